The largest absolute Gasteiger partial charge is 0.488 e. The lowest BCUT2D eigenvalue weighted by Gasteiger charge is -2.13. The number of anilines is 2. The molecule has 11 nitrogen and oxygen atoms in total. The molecule has 29 heavy (non-hydrogen) atoms. The number of likely N-dealkylation sites (N-methyl/N-ethyl adjacent to an activating group) is 1. The fraction of sp³-hybridized carbons (Fsp3) is 0.353. The van der Waals surface area contributed by atoms with E-state index in [9.17, 15) is 9.59 Å². The summed E-state index contributed by atoms with van der Waals surface area (Å²) in [6.07, 6.45) is 2.97. The molecule has 0 radical (unpaired) electrons. The van der Waals surface area contributed by atoms with E-state index in [-0.39, 0.29) is 16.6 Å². The van der Waals surface area contributed by atoms with Crippen molar-refractivity contribution in [2.45, 2.75) is 6.92 Å². The first kappa shape index (κ1) is 22.0. The van der Waals surface area contributed by atoms with E-state index in [0.29, 0.717) is 23.1 Å². The number of nitrogens with two attached hydrogens (primary N) is 1. The lowest BCUT2D eigenvalue weighted by atomic mass is 10.3. The summed E-state index contributed by atoms with van der Waals surface area (Å²) in [5.41, 5.74) is 5.54. The quantitative estimate of drug-likeness (QED) is 0.509. The zero-order chi connectivity index (χ0) is 21.4. The number of aliphatic imine (C=N–C) groups is 1. The summed E-state index contributed by atoms with van der Waals surface area (Å²) in [7, 11) is 5.20. The van der Waals surface area contributed by atoms with Crippen molar-refractivity contribution in [1.29, 1.82) is 0 Å². The number of carbonyl (C=O) groups excluding carboxylic acids is 1. The van der Waals surface area contributed by atoms with Gasteiger partial charge in [0, 0.05) is 24.9 Å². The Hall–Kier alpha value is -3.25. The maximum absolute atomic E-state index is 12.5. The molecule has 0 aliphatic heterocycles. The van der Waals surface area contributed by atoms with Crippen LogP contribution in [0.2, 0.25) is 0 Å². The molecule has 0 spiro atoms. The van der Waals surface area contributed by atoms with Crippen molar-refractivity contribution in [3.63, 3.8) is 0 Å². The molecule has 2 aromatic heterocycles. The molecular formula is C17H23N7O4S. The monoisotopic (exact) mass is 421 g/mol. The fourth-order valence-corrected chi connectivity index (χ4v) is 2.80. The second kappa shape index (κ2) is 10.3. The molecule has 0 saturated carbocycles. The number of methoxy groups -OCH3 is 1. The van der Waals surface area contributed by atoms with E-state index in [1.165, 1.54) is 19.4 Å². The number of amides is 1. The van der Waals surface area contributed by atoms with Crippen LogP contribution < -0.4 is 26.7 Å². The Morgan fingerprint density at radius 1 is 1.45 bits per heavy atom. The van der Waals surface area contributed by atoms with Gasteiger partial charge in [0.1, 0.15) is 0 Å². The molecule has 0 unspecified atom stereocenters. The first-order valence-electron chi connectivity index (χ1n) is 8.53. The Morgan fingerprint density at radius 2 is 2.21 bits per heavy atom. The van der Waals surface area contributed by atoms with Crippen molar-refractivity contribution in [2.24, 2.45) is 10.7 Å². The first-order chi connectivity index (χ1) is 13.8. The fourth-order valence-electron chi connectivity index (χ4n) is 2.13. The number of ether oxygens (including phenoxy) is 1. The van der Waals surface area contributed by atoms with Crippen molar-refractivity contribution >= 4 is 38.9 Å². The summed E-state index contributed by atoms with van der Waals surface area (Å²) in [5, 5.41) is 13.9. The molecule has 2 aromatic rings. The molecule has 0 aliphatic rings. The van der Waals surface area contributed by atoms with Crippen molar-refractivity contribution in [2.75, 3.05) is 44.9 Å². The highest BCUT2D eigenvalue weighted by molar-refractivity contribution is 7.18. The Balaban J connectivity index is 2.18. The van der Waals surface area contributed by atoms with Crippen molar-refractivity contribution in [3.8, 4) is 5.75 Å². The molecule has 2 rings (SSSR count). The van der Waals surface area contributed by atoms with Gasteiger partial charge in [-0.1, -0.05) is 11.3 Å². The van der Waals surface area contributed by atoms with Gasteiger partial charge in [0.05, 0.1) is 12.8 Å². The standard InChI is InChI=1S/C17H23N7O4S/c1-10(5-6-18)20-16-22-23-17(29-16)21-14(25)12-9-11(19-7-8-24(2)3)13(27-4)15(26)28-12/h5-6,9,19H,7-8,18H2,1-4H3,(H,21,23,25). The third-order valence-electron chi connectivity index (χ3n) is 3.45. The SMILES string of the molecule is COc1c(NCCN(C)C)cc(C(=O)Nc2nnc(N=C(C)C=CN)s2)oc1=O. The van der Waals surface area contributed by atoms with Crippen LogP contribution in [-0.4, -0.2) is 61.0 Å². The minimum absolute atomic E-state index is 0.00345. The number of hydrogen-bond acceptors (Lipinski definition) is 11. The Morgan fingerprint density at radius 3 is 2.86 bits per heavy atom. The molecule has 4 N–H and O–H groups in total. The molecule has 1 amide bonds. The highest BCUT2D eigenvalue weighted by Crippen LogP contribution is 2.25. The third-order valence-corrected chi connectivity index (χ3v) is 4.19. The van der Waals surface area contributed by atoms with Gasteiger partial charge in [-0.15, -0.1) is 10.2 Å². The number of allylic oxidation sites excluding steroid dienone is 1. The van der Waals surface area contributed by atoms with Crippen LogP contribution in [0.5, 0.6) is 5.75 Å². The van der Waals surface area contributed by atoms with Crippen LogP contribution >= 0.6 is 11.3 Å². The van der Waals surface area contributed by atoms with E-state index in [1.807, 2.05) is 19.0 Å². The molecule has 2 heterocycles. The number of rotatable bonds is 9. The van der Waals surface area contributed by atoms with Gasteiger partial charge in [-0.05, 0) is 33.3 Å². The maximum atomic E-state index is 12.5. The predicted molar refractivity (Wildman–Crippen MR) is 113 cm³/mol. The van der Waals surface area contributed by atoms with Crippen LogP contribution in [0, 0.1) is 0 Å². The smallest absolute Gasteiger partial charge is 0.381 e. The van der Waals surface area contributed by atoms with E-state index in [1.54, 1.807) is 13.0 Å². The minimum Gasteiger partial charge on any atom is -0.488 e. The number of nitrogens with zero attached hydrogens (tertiary/aromatic N) is 4. The van der Waals surface area contributed by atoms with Crippen molar-refractivity contribution in [1.82, 2.24) is 15.1 Å². The van der Waals surface area contributed by atoms with Gasteiger partial charge in [0.2, 0.25) is 16.0 Å². The summed E-state index contributed by atoms with van der Waals surface area (Å²) >= 11 is 1.06. The molecule has 0 aliphatic carbocycles. The van der Waals surface area contributed by atoms with Crippen LogP contribution in [-0.2, 0) is 0 Å². The van der Waals surface area contributed by atoms with Gasteiger partial charge in [-0.2, -0.15) is 0 Å². The van der Waals surface area contributed by atoms with Crippen LogP contribution in [0.3, 0.4) is 0 Å². The van der Waals surface area contributed by atoms with Crippen molar-refractivity contribution < 1.29 is 13.9 Å². The van der Waals surface area contributed by atoms with Gasteiger partial charge in [0.25, 0.3) is 5.91 Å². The molecule has 12 heteroatoms. The summed E-state index contributed by atoms with van der Waals surface area (Å²) in [4.78, 5) is 30.8. The van der Waals surface area contributed by atoms with Gasteiger partial charge < -0.3 is 25.1 Å². The highest BCUT2D eigenvalue weighted by atomic mass is 32.1. The van der Waals surface area contributed by atoms with E-state index in [2.05, 4.69) is 25.8 Å². The Kier molecular flexibility index (Phi) is 7.86. The van der Waals surface area contributed by atoms with E-state index < -0.39 is 11.5 Å². The topological polar surface area (TPSA) is 148 Å². The second-order valence-electron chi connectivity index (χ2n) is 6.03. The highest BCUT2D eigenvalue weighted by Gasteiger charge is 2.18. The maximum Gasteiger partial charge on any atom is 0.381 e. The van der Waals surface area contributed by atoms with Crippen molar-refractivity contribution in [3.05, 3.63) is 34.5 Å². The molecule has 0 saturated heterocycles. The molecule has 0 atom stereocenters. The van der Waals surface area contributed by atoms with Gasteiger partial charge in [0.15, 0.2) is 5.76 Å². The molecular weight excluding hydrogens is 398 g/mol. The predicted octanol–water partition coefficient (Wildman–Crippen LogP) is 1.29. The Labute approximate surface area is 171 Å². The van der Waals surface area contributed by atoms with Crippen LogP contribution in [0.25, 0.3) is 0 Å². The number of carbonyl (C=O) groups is 1. The lowest BCUT2D eigenvalue weighted by molar-refractivity contribution is 0.0991. The van der Waals surface area contributed by atoms with E-state index >= 15 is 0 Å². The van der Waals surface area contributed by atoms with Crippen LogP contribution in [0.4, 0.5) is 16.0 Å². The minimum atomic E-state index is -0.765. The normalized spacial score (nSPS) is 11.8. The summed E-state index contributed by atoms with van der Waals surface area (Å²) in [5.74, 6) is -0.840. The summed E-state index contributed by atoms with van der Waals surface area (Å²) < 4.78 is 10.2. The average molecular weight is 421 g/mol. The zero-order valence-electron chi connectivity index (χ0n) is 16.6. The summed E-state index contributed by atoms with van der Waals surface area (Å²) in [6, 6.07) is 1.40. The van der Waals surface area contributed by atoms with E-state index in [4.69, 9.17) is 14.9 Å². The number of nitrogens with one attached hydrogen (secondary N) is 2. The second-order valence-corrected chi connectivity index (χ2v) is 6.99. The van der Waals surface area contributed by atoms with Gasteiger partial charge in [-0.3, -0.25) is 10.1 Å². The van der Waals surface area contributed by atoms with Crippen LogP contribution in [0.1, 0.15) is 17.5 Å². The third kappa shape index (κ3) is 6.40. The van der Waals surface area contributed by atoms with E-state index in [0.717, 1.165) is 17.9 Å². The number of hydrogen-bond donors (Lipinski definition) is 3. The van der Waals surface area contributed by atoms with Gasteiger partial charge >= 0.3 is 5.63 Å². The number of aromatic nitrogens is 2. The zero-order valence-corrected chi connectivity index (χ0v) is 17.4. The average Bonchev–Trinajstić information content (AvgIpc) is 3.07. The first-order valence-corrected chi connectivity index (χ1v) is 9.34. The van der Waals surface area contributed by atoms with Gasteiger partial charge in [-0.25, -0.2) is 9.79 Å². The van der Waals surface area contributed by atoms with Crippen LogP contribution in [0.15, 0.2) is 32.5 Å². The Bertz CT molecular complexity index is 965. The molecule has 0 fully saturated rings. The molecule has 0 bridgehead atoms. The lowest BCUT2D eigenvalue weighted by Crippen LogP contribution is -2.22. The molecule has 156 valence electrons. The summed E-state index contributed by atoms with van der Waals surface area (Å²) in [6.45, 7) is 3.01. The molecule has 0 aromatic carbocycles.